The molecule has 2 saturated carbocycles. The molecule has 0 aromatic heterocycles. The summed E-state index contributed by atoms with van der Waals surface area (Å²) in [6.45, 7) is 7.64. The van der Waals surface area contributed by atoms with Crippen molar-refractivity contribution >= 4 is 5.78 Å². The second kappa shape index (κ2) is 2.46. The highest BCUT2D eigenvalue weighted by atomic mass is 16.7. The van der Waals surface area contributed by atoms with Crippen molar-refractivity contribution in [1.29, 1.82) is 0 Å². The van der Waals surface area contributed by atoms with E-state index < -0.39 is 5.79 Å². The first kappa shape index (κ1) is 9.79. The van der Waals surface area contributed by atoms with Crippen LogP contribution in [0.1, 0.15) is 33.6 Å². The van der Waals surface area contributed by atoms with E-state index in [2.05, 4.69) is 20.8 Å². The maximum atomic E-state index is 12.4. The van der Waals surface area contributed by atoms with E-state index in [4.69, 9.17) is 9.47 Å². The molecule has 15 heavy (non-hydrogen) atoms. The summed E-state index contributed by atoms with van der Waals surface area (Å²) < 4.78 is 11.4. The number of rotatable bonds is 0. The van der Waals surface area contributed by atoms with Crippen molar-refractivity contribution in [2.45, 2.75) is 39.4 Å². The van der Waals surface area contributed by atoms with Crippen molar-refractivity contribution in [2.24, 2.45) is 16.7 Å². The SMILES string of the molecule is CC1(C)[C@H]2CC[C@]1(C)C1(OCCO1)C2=O. The lowest BCUT2D eigenvalue weighted by Gasteiger charge is -2.42. The fourth-order valence-electron chi connectivity index (χ4n) is 3.92. The normalized spacial score (nSPS) is 45.5. The molecule has 1 spiro atoms. The predicted molar refractivity (Wildman–Crippen MR) is 54.3 cm³/mol. The Morgan fingerprint density at radius 3 is 2.27 bits per heavy atom. The number of ketones is 1. The van der Waals surface area contributed by atoms with Crippen molar-refractivity contribution in [3.63, 3.8) is 0 Å². The molecule has 1 aliphatic heterocycles. The van der Waals surface area contributed by atoms with Crippen LogP contribution in [0.4, 0.5) is 0 Å². The first-order valence-corrected chi connectivity index (χ1v) is 5.78. The van der Waals surface area contributed by atoms with Crippen LogP contribution in [0.5, 0.6) is 0 Å². The second-order valence-electron chi connectivity index (χ2n) is 5.82. The zero-order chi connectivity index (χ0) is 10.9. The van der Waals surface area contributed by atoms with Crippen molar-refractivity contribution in [3.8, 4) is 0 Å². The maximum absolute atomic E-state index is 12.4. The standard InChI is InChI=1S/C12H18O3/c1-10(2)8-4-5-11(10,3)12(9(8)13)14-6-7-15-12/h8H,4-7H2,1-3H3/t8-,11-/m0/s1. The lowest BCUT2D eigenvalue weighted by molar-refractivity contribution is -0.226. The molecule has 0 amide bonds. The molecule has 84 valence electrons. The maximum Gasteiger partial charge on any atom is 0.235 e. The van der Waals surface area contributed by atoms with Gasteiger partial charge in [0.1, 0.15) is 0 Å². The van der Waals surface area contributed by atoms with Crippen LogP contribution in [0.3, 0.4) is 0 Å². The van der Waals surface area contributed by atoms with Gasteiger partial charge in [0.25, 0.3) is 0 Å². The van der Waals surface area contributed by atoms with Gasteiger partial charge in [-0.05, 0) is 18.3 Å². The van der Waals surface area contributed by atoms with Gasteiger partial charge in [-0.15, -0.1) is 0 Å². The molecular formula is C12H18O3. The number of carbonyl (C=O) groups excluding carboxylic acids is 1. The van der Waals surface area contributed by atoms with Crippen LogP contribution in [0, 0.1) is 16.7 Å². The smallest absolute Gasteiger partial charge is 0.235 e. The highest BCUT2D eigenvalue weighted by Crippen LogP contribution is 2.69. The largest absolute Gasteiger partial charge is 0.341 e. The van der Waals surface area contributed by atoms with Crippen LogP contribution >= 0.6 is 0 Å². The highest BCUT2D eigenvalue weighted by Gasteiger charge is 2.76. The Balaban J connectivity index is 2.16. The third-order valence-corrected chi connectivity index (χ3v) is 5.29. The first-order chi connectivity index (χ1) is 6.96. The Labute approximate surface area is 90.1 Å². The minimum Gasteiger partial charge on any atom is -0.341 e. The van der Waals surface area contributed by atoms with Gasteiger partial charge in [-0.2, -0.15) is 0 Å². The zero-order valence-corrected chi connectivity index (χ0v) is 9.63. The van der Waals surface area contributed by atoms with Crippen LogP contribution in [0.25, 0.3) is 0 Å². The number of hydrogen-bond acceptors (Lipinski definition) is 3. The molecule has 0 unspecified atom stereocenters. The molecule has 3 heteroatoms. The summed E-state index contributed by atoms with van der Waals surface area (Å²) in [6.07, 6.45) is 2.03. The van der Waals surface area contributed by atoms with E-state index in [9.17, 15) is 4.79 Å². The van der Waals surface area contributed by atoms with Crippen molar-refractivity contribution in [2.75, 3.05) is 13.2 Å². The van der Waals surface area contributed by atoms with E-state index in [-0.39, 0.29) is 22.5 Å². The molecule has 3 fully saturated rings. The third kappa shape index (κ3) is 0.773. The Morgan fingerprint density at radius 2 is 1.80 bits per heavy atom. The molecule has 1 saturated heterocycles. The van der Waals surface area contributed by atoms with E-state index in [0.717, 1.165) is 12.8 Å². The van der Waals surface area contributed by atoms with Gasteiger partial charge < -0.3 is 9.47 Å². The van der Waals surface area contributed by atoms with Crippen molar-refractivity contribution in [1.82, 2.24) is 0 Å². The quantitative estimate of drug-likeness (QED) is 0.611. The molecule has 0 N–H and O–H groups in total. The summed E-state index contributed by atoms with van der Waals surface area (Å²) >= 11 is 0. The summed E-state index contributed by atoms with van der Waals surface area (Å²) in [5.41, 5.74) is -0.132. The van der Waals surface area contributed by atoms with Gasteiger partial charge >= 0.3 is 0 Å². The molecule has 3 nitrogen and oxygen atoms in total. The lowest BCUT2D eigenvalue weighted by Crippen LogP contribution is -2.52. The highest BCUT2D eigenvalue weighted by molar-refractivity contribution is 5.94. The van der Waals surface area contributed by atoms with Crippen LogP contribution in [-0.4, -0.2) is 24.8 Å². The van der Waals surface area contributed by atoms with Gasteiger partial charge in [-0.3, -0.25) is 4.79 Å². The average molecular weight is 210 g/mol. The summed E-state index contributed by atoms with van der Waals surface area (Å²) in [7, 11) is 0. The van der Waals surface area contributed by atoms with Gasteiger partial charge in [0.15, 0.2) is 5.78 Å². The van der Waals surface area contributed by atoms with Crippen LogP contribution in [0.15, 0.2) is 0 Å². The number of carbonyl (C=O) groups is 1. The molecule has 0 radical (unpaired) electrons. The number of ether oxygens (including phenoxy) is 2. The number of hydrogen-bond donors (Lipinski definition) is 0. The van der Waals surface area contributed by atoms with Crippen LogP contribution in [-0.2, 0) is 14.3 Å². The summed E-state index contributed by atoms with van der Waals surface area (Å²) in [5, 5.41) is 0. The minimum absolute atomic E-state index is 0.00836. The van der Waals surface area contributed by atoms with E-state index in [1.807, 2.05) is 0 Å². The topological polar surface area (TPSA) is 35.5 Å². The molecule has 0 aromatic rings. The molecule has 3 aliphatic rings. The van der Waals surface area contributed by atoms with Gasteiger partial charge in [0.2, 0.25) is 5.79 Å². The Morgan fingerprint density at radius 1 is 1.20 bits per heavy atom. The van der Waals surface area contributed by atoms with E-state index in [0.29, 0.717) is 13.2 Å². The predicted octanol–water partition coefficient (Wildman–Crippen LogP) is 1.75. The Bertz CT molecular complexity index is 328. The molecule has 2 atom stereocenters. The van der Waals surface area contributed by atoms with Gasteiger partial charge in [-0.25, -0.2) is 0 Å². The third-order valence-electron chi connectivity index (χ3n) is 5.29. The fourth-order valence-corrected chi connectivity index (χ4v) is 3.92. The lowest BCUT2D eigenvalue weighted by atomic mass is 9.68. The average Bonchev–Trinajstić information content (AvgIpc) is 2.74. The summed E-state index contributed by atoms with van der Waals surface area (Å²) in [4.78, 5) is 12.4. The number of fused-ring (bicyclic) bond motifs is 3. The molecule has 2 aliphatic carbocycles. The van der Waals surface area contributed by atoms with Gasteiger partial charge in [0, 0.05) is 11.3 Å². The summed E-state index contributed by atoms with van der Waals surface area (Å²) in [6, 6.07) is 0. The zero-order valence-electron chi connectivity index (χ0n) is 9.63. The van der Waals surface area contributed by atoms with Gasteiger partial charge in [0.05, 0.1) is 13.2 Å². The van der Waals surface area contributed by atoms with Gasteiger partial charge in [-0.1, -0.05) is 20.8 Å². The molecule has 1 heterocycles. The van der Waals surface area contributed by atoms with Crippen LogP contribution in [0.2, 0.25) is 0 Å². The van der Waals surface area contributed by atoms with Crippen molar-refractivity contribution < 1.29 is 14.3 Å². The fraction of sp³-hybridized carbons (Fsp3) is 0.917. The monoisotopic (exact) mass is 210 g/mol. The molecule has 2 bridgehead atoms. The molecule has 0 aromatic carbocycles. The second-order valence-corrected chi connectivity index (χ2v) is 5.82. The number of Topliss-reactive ketones (excluding diaryl/α,β-unsaturated/α-hetero) is 1. The molecular weight excluding hydrogens is 192 g/mol. The first-order valence-electron chi connectivity index (χ1n) is 5.78. The van der Waals surface area contributed by atoms with Crippen molar-refractivity contribution in [3.05, 3.63) is 0 Å². The van der Waals surface area contributed by atoms with Crippen LogP contribution < -0.4 is 0 Å². The Kier molecular flexibility index (Phi) is 1.61. The summed E-state index contributed by atoms with van der Waals surface area (Å²) in [5.74, 6) is -0.585. The van der Waals surface area contributed by atoms with E-state index >= 15 is 0 Å². The Hall–Kier alpha value is -0.410. The molecule has 3 rings (SSSR count). The minimum atomic E-state index is -0.903. The van der Waals surface area contributed by atoms with E-state index in [1.54, 1.807) is 0 Å². The van der Waals surface area contributed by atoms with E-state index in [1.165, 1.54) is 0 Å².